The highest BCUT2D eigenvalue weighted by atomic mass is 32.2. The Kier molecular flexibility index (Phi) is 4.20. The van der Waals surface area contributed by atoms with Crippen molar-refractivity contribution in [2.24, 2.45) is 12.8 Å². The van der Waals surface area contributed by atoms with Crippen molar-refractivity contribution in [1.82, 2.24) is 4.57 Å². The minimum atomic E-state index is -4.04. The van der Waals surface area contributed by atoms with Crippen molar-refractivity contribution in [3.05, 3.63) is 52.5 Å². The maximum Gasteiger partial charge on any atom is 0.419 e. The fourth-order valence-electron chi connectivity index (χ4n) is 2.43. The summed E-state index contributed by atoms with van der Waals surface area (Å²) in [5, 5.41) is 0. The lowest BCUT2D eigenvalue weighted by molar-refractivity contribution is 0.100. The van der Waals surface area contributed by atoms with Crippen LogP contribution >= 0.6 is 0 Å². The molecular weight excluding hydrogens is 362 g/mol. The molecule has 1 aromatic heterocycles. The number of hydrogen-bond acceptors (Lipinski definition) is 6. The number of amides is 1. The molecule has 1 heterocycles. The van der Waals surface area contributed by atoms with Crippen LogP contribution in [-0.4, -0.2) is 26.0 Å². The minimum absolute atomic E-state index is 0.0541. The third-order valence-corrected chi connectivity index (χ3v) is 5.17. The fraction of sp³-hybridized carbons (Fsp3) is 0.125. The number of rotatable bonds is 5. The van der Waals surface area contributed by atoms with Crippen LogP contribution in [-0.2, 0) is 17.1 Å². The van der Waals surface area contributed by atoms with Gasteiger partial charge in [-0.3, -0.25) is 14.1 Å². The fourth-order valence-corrected chi connectivity index (χ4v) is 3.50. The van der Waals surface area contributed by atoms with Crippen LogP contribution in [0.5, 0.6) is 5.75 Å². The van der Waals surface area contributed by atoms with Crippen LogP contribution in [0.25, 0.3) is 11.1 Å². The Bertz CT molecular complexity index is 1180. The molecule has 1 amide bonds. The number of fused-ring (bicyclic) bond motifs is 1. The quantitative estimate of drug-likeness (QED) is 0.682. The van der Waals surface area contributed by atoms with Gasteiger partial charge in [0, 0.05) is 18.7 Å². The standard InChI is InChI=1S/C16H15N3O6S/c1-19-12-5-4-10(8-14(12)25-16(19)21)26(22,23)18-11-7-9(15(17)20)3-6-13(11)24-2/h3-8,18H,1-2H3,(H2,17,20). The zero-order valence-electron chi connectivity index (χ0n) is 13.8. The number of carbonyl (C=O) groups is 1. The molecular formula is C16H15N3O6S. The summed E-state index contributed by atoms with van der Waals surface area (Å²) >= 11 is 0. The summed E-state index contributed by atoms with van der Waals surface area (Å²) < 4.78 is 39.1. The van der Waals surface area contributed by atoms with Gasteiger partial charge in [0.1, 0.15) is 5.75 Å². The van der Waals surface area contributed by atoms with Crippen LogP contribution in [0.3, 0.4) is 0 Å². The average molecular weight is 377 g/mol. The number of hydrogen-bond donors (Lipinski definition) is 2. The molecule has 0 aliphatic heterocycles. The topological polar surface area (TPSA) is 134 Å². The van der Waals surface area contributed by atoms with Crippen molar-refractivity contribution in [2.75, 3.05) is 11.8 Å². The van der Waals surface area contributed by atoms with Gasteiger partial charge in [0.2, 0.25) is 5.91 Å². The third-order valence-electron chi connectivity index (χ3n) is 3.80. The number of nitrogens with one attached hydrogen (secondary N) is 1. The molecule has 26 heavy (non-hydrogen) atoms. The largest absolute Gasteiger partial charge is 0.495 e. The molecule has 0 saturated carbocycles. The van der Waals surface area contributed by atoms with Crippen LogP contribution in [0.1, 0.15) is 10.4 Å². The van der Waals surface area contributed by atoms with E-state index >= 15 is 0 Å². The van der Waals surface area contributed by atoms with Gasteiger partial charge in [0.25, 0.3) is 10.0 Å². The Morgan fingerprint density at radius 2 is 1.96 bits per heavy atom. The van der Waals surface area contributed by atoms with E-state index in [0.717, 1.165) is 0 Å². The van der Waals surface area contributed by atoms with Gasteiger partial charge in [0.05, 0.1) is 23.2 Å². The van der Waals surface area contributed by atoms with Crippen molar-refractivity contribution in [3.8, 4) is 5.75 Å². The van der Waals surface area contributed by atoms with Gasteiger partial charge in [-0.1, -0.05) is 0 Å². The number of nitrogens with two attached hydrogens (primary N) is 1. The zero-order chi connectivity index (χ0) is 19.1. The van der Waals surface area contributed by atoms with Gasteiger partial charge in [-0.15, -0.1) is 0 Å². The summed E-state index contributed by atoms with van der Waals surface area (Å²) in [7, 11) is -1.16. The summed E-state index contributed by atoms with van der Waals surface area (Å²) in [4.78, 5) is 22.8. The van der Waals surface area contributed by atoms with E-state index in [1.165, 1.54) is 55.1 Å². The van der Waals surface area contributed by atoms with E-state index in [2.05, 4.69) is 4.72 Å². The number of aromatic nitrogens is 1. The molecule has 0 bridgehead atoms. The SMILES string of the molecule is COc1ccc(C(N)=O)cc1NS(=O)(=O)c1ccc2c(c1)oc(=O)n2C. The second kappa shape index (κ2) is 6.23. The van der Waals surface area contributed by atoms with Crippen molar-refractivity contribution >= 4 is 32.7 Å². The van der Waals surface area contributed by atoms with Gasteiger partial charge in [0.15, 0.2) is 5.58 Å². The molecule has 0 atom stereocenters. The van der Waals surface area contributed by atoms with Gasteiger partial charge < -0.3 is 14.9 Å². The molecule has 2 aromatic carbocycles. The monoisotopic (exact) mass is 377 g/mol. The lowest BCUT2D eigenvalue weighted by atomic mass is 10.2. The summed E-state index contributed by atoms with van der Waals surface area (Å²) in [6, 6.07) is 8.17. The highest BCUT2D eigenvalue weighted by Crippen LogP contribution is 2.28. The molecule has 9 nitrogen and oxygen atoms in total. The van der Waals surface area contributed by atoms with Crippen molar-refractivity contribution in [3.63, 3.8) is 0 Å². The van der Waals surface area contributed by atoms with Gasteiger partial charge in [-0.25, -0.2) is 13.2 Å². The first kappa shape index (κ1) is 17.5. The first-order chi connectivity index (χ1) is 12.2. The number of sulfonamides is 1. The number of nitrogens with zero attached hydrogens (tertiary/aromatic N) is 1. The summed E-state index contributed by atoms with van der Waals surface area (Å²) in [6.07, 6.45) is 0. The van der Waals surface area contributed by atoms with E-state index in [1.807, 2.05) is 0 Å². The first-order valence-electron chi connectivity index (χ1n) is 7.33. The summed E-state index contributed by atoms with van der Waals surface area (Å²) in [5.41, 5.74) is 6.00. The van der Waals surface area contributed by atoms with Crippen molar-refractivity contribution in [2.45, 2.75) is 4.90 Å². The third kappa shape index (κ3) is 3.02. The molecule has 0 aliphatic carbocycles. The van der Waals surface area contributed by atoms with Crippen LogP contribution in [0, 0.1) is 0 Å². The van der Waals surface area contributed by atoms with E-state index in [1.54, 1.807) is 0 Å². The molecule has 3 rings (SSSR count). The Hall–Kier alpha value is -3.27. The summed E-state index contributed by atoms with van der Waals surface area (Å²) in [6.45, 7) is 0. The lowest BCUT2D eigenvalue weighted by Gasteiger charge is -2.12. The van der Waals surface area contributed by atoms with Crippen molar-refractivity contribution < 1.29 is 22.4 Å². The number of benzene rings is 2. The predicted octanol–water partition coefficient (Wildman–Crippen LogP) is 1.04. The maximum absolute atomic E-state index is 12.7. The lowest BCUT2D eigenvalue weighted by Crippen LogP contribution is -2.16. The van der Waals surface area contributed by atoms with Crippen LogP contribution in [0.4, 0.5) is 5.69 Å². The van der Waals surface area contributed by atoms with Gasteiger partial charge >= 0.3 is 5.76 Å². The number of anilines is 1. The maximum atomic E-state index is 12.7. The van der Waals surface area contributed by atoms with Crippen molar-refractivity contribution in [1.29, 1.82) is 0 Å². The number of ether oxygens (including phenoxy) is 1. The molecule has 0 saturated heterocycles. The van der Waals surface area contributed by atoms with E-state index in [9.17, 15) is 18.0 Å². The summed E-state index contributed by atoms with van der Waals surface area (Å²) in [5.74, 6) is -1.09. The first-order valence-corrected chi connectivity index (χ1v) is 8.81. The number of primary amides is 1. The molecule has 0 spiro atoms. The van der Waals surface area contributed by atoms with Crippen LogP contribution in [0.15, 0.2) is 50.5 Å². The molecule has 136 valence electrons. The second-order valence-corrected chi connectivity index (χ2v) is 7.12. The number of oxazole rings is 1. The van der Waals surface area contributed by atoms with E-state index < -0.39 is 21.7 Å². The Balaban J connectivity index is 2.05. The van der Waals surface area contributed by atoms with E-state index in [4.69, 9.17) is 14.9 Å². The Labute approximate surface area is 148 Å². The highest BCUT2D eigenvalue weighted by Gasteiger charge is 2.19. The molecule has 3 N–H and O–H groups in total. The second-order valence-electron chi connectivity index (χ2n) is 5.44. The zero-order valence-corrected chi connectivity index (χ0v) is 14.7. The Morgan fingerprint density at radius 1 is 1.23 bits per heavy atom. The van der Waals surface area contributed by atoms with Gasteiger partial charge in [-0.05, 0) is 30.3 Å². The van der Waals surface area contributed by atoms with E-state index in [-0.39, 0.29) is 27.5 Å². The predicted molar refractivity (Wildman–Crippen MR) is 93.8 cm³/mol. The molecule has 0 unspecified atom stereocenters. The number of carbonyl (C=O) groups excluding carboxylic acids is 1. The smallest absolute Gasteiger partial charge is 0.419 e. The molecule has 0 fully saturated rings. The Morgan fingerprint density at radius 3 is 2.62 bits per heavy atom. The van der Waals surface area contributed by atoms with Crippen LogP contribution in [0.2, 0.25) is 0 Å². The van der Waals surface area contributed by atoms with E-state index in [0.29, 0.717) is 5.52 Å². The minimum Gasteiger partial charge on any atom is -0.495 e. The number of methoxy groups -OCH3 is 1. The molecule has 0 radical (unpaired) electrons. The highest BCUT2D eigenvalue weighted by molar-refractivity contribution is 7.92. The molecule has 3 aromatic rings. The molecule has 0 aliphatic rings. The normalized spacial score (nSPS) is 11.5. The average Bonchev–Trinajstić information content (AvgIpc) is 2.88. The van der Waals surface area contributed by atoms with Gasteiger partial charge in [-0.2, -0.15) is 0 Å². The van der Waals surface area contributed by atoms with Crippen LogP contribution < -0.4 is 20.9 Å². The number of aryl methyl sites for hydroxylation is 1. The molecule has 10 heteroatoms.